The van der Waals surface area contributed by atoms with Gasteiger partial charge in [-0.25, -0.2) is 0 Å². The highest BCUT2D eigenvalue weighted by Gasteiger charge is 2.40. The van der Waals surface area contributed by atoms with Gasteiger partial charge in [0.25, 0.3) is 0 Å². The second kappa shape index (κ2) is 5.14. The third-order valence-corrected chi connectivity index (χ3v) is 4.67. The van der Waals surface area contributed by atoms with Gasteiger partial charge < -0.3 is 15.4 Å². The first kappa shape index (κ1) is 12.9. The second-order valence-corrected chi connectivity index (χ2v) is 5.92. The molecule has 1 saturated heterocycles. The molecule has 0 bridgehead atoms. The number of benzene rings is 1. The zero-order valence-electron chi connectivity index (χ0n) is 11.8. The van der Waals surface area contributed by atoms with Gasteiger partial charge >= 0.3 is 0 Å². The molecule has 3 nitrogen and oxygen atoms in total. The SMILES string of the molecule is CCN1CCCC2(CC1)CC(N)c1ccccc1O2. The van der Waals surface area contributed by atoms with E-state index < -0.39 is 0 Å². The van der Waals surface area contributed by atoms with Crippen LogP contribution in [0.3, 0.4) is 0 Å². The number of para-hydroxylation sites is 1. The molecule has 2 atom stereocenters. The Morgan fingerprint density at radius 1 is 1.32 bits per heavy atom. The normalized spacial score (nSPS) is 31.6. The predicted octanol–water partition coefficient (Wildman–Crippen LogP) is 2.71. The summed E-state index contributed by atoms with van der Waals surface area (Å²) in [6.45, 7) is 5.70. The molecule has 1 fully saturated rings. The molecule has 104 valence electrons. The van der Waals surface area contributed by atoms with Crippen molar-refractivity contribution in [3.05, 3.63) is 29.8 Å². The van der Waals surface area contributed by atoms with E-state index in [0.717, 1.165) is 38.1 Å². The Hall–Kier alpha value is -1.06. The standard InChI is InChI=1S/C16H24N2O/c1-2-18-10-5-8-16(9-11-18)12-14(17)13-6-3-4-7-15(13)19-16/h3-4,6-7,14H,2,5,8-12,17H2,1H3. The molecular formula is C16H24N2O. The molecule has 19 heavy (non-hydrogen) atoms. The molecule has 3 rings (SSSR count). The van der Waals surface area contributed by atoms with Crippen LogP contribution in [0.25, 0.3) is 0 Å². The van der Waals surface area contributed by atoms with Crippen molar-refractivity contribution in [1.29, 1.82) is 0 Å². The van der Waals surface area contributed by atoms with E-state index in [0.29, 0.717) is 0 Å². The fraction of sp³-hybridized carbons (Fsp3) is 0.625. The van der Waals surface area contributed by atoms with Crippen LogP contribution in [-0.4, -0.2) is 30.1 Å². The lowest BCUT2D eigenvalue weighted by molar-refractivity contribution is 0.0219. The molecule has 2 N–H and O–H groups in total. The first-order chi connectivity index (χ1) is 9.22. The van der Waals surface area contributed by atoms with Crippen LogP contribution in [0.1, 0.15) is 44.2 Å². The summed E-state index contributed by atoms with van der Waals surface area (Å²) in [5.74, 6) is 1.01. The molecule has 1 aromatic rings. The molecule has 3 heteroatoms. The number of fused-ring (bicyclic) bond motifs is 1. The van der Waals surface area contributed by atoms with Gasteiger partial charge in [0.05, 0.1) is 0 Å². The van der Waals surface area contributed by atoms with Crippen LogP contribution in [0.2, 0.25) is 0 Å². The van der Waals surface area contributed by atoms with E-state index >= 15 is 0 Å². The predicted molar refractivity (Wildman–Crippen MR) is 77.3 cm³/mol. The number of likely N-dealkylation sites (tertiary alicyclic amines) is 1. The van der Waals surface area contributed by atoms with Gasteiger partial charge in [-0.3, -0.25) is 0 Å². The van der Waals surface area contributed by atoms with Gasteiger partial charge in [0.2, 0.25) is 0 Å². The molecule has 2 aliphatic rings. The van der Waals surface area contributed by atoms with Gasteiger partial charge in [-0.2, -0.15) is 0 Å². The maximum absolute atomic E-state index is 6.40. The molecule has 1 aromatic carbocycles. The lowest BCUT2D eigenvalue weighted by Crippen LogP contribution is -2.43. The number of nitrogens with zero attached hydrogens (tertiary/aromatic N) is 1. The topological polar surface area (TPSA) is 38.5 Å². The third kappa shape index (κ3) is 2.49. The largest absolute Gasteiger partial charge is 0.487 e. The van der Waals surface area contributed by atoms with Crippen molar-refractivity contribution < 1.29 is 4.74 Å². The highest BCUT2D eigenvalue weighted by atomic mass is 16.5. The summed E-state index contributed by atoms with van der Waals surface area (Å²) in [4.78, 5) is 2.52. The molecule has 0 amide bonds. The monoisotopic (exact) mass is 260 g/mol. The number of ether oxygens (including phenoxy) is 1. The Balaban J connectivity index is 1.83. The van der Waals surface area contributed by atoms with Crippen LogP contribution in [-0.2, 0) is 0 Å². The van der Waals surface area contributed by atoms with Crippen LogP contribution in [0, 0.1) is 0 Å². The van der Waals surface area contributed by atoms with E-state index in [1.54, 1.807) is 0 Å². The van der Waals surface area contributed by atoms with Gasteiger partial charge in [0.1, 0.15) is 11.4 Å². The lowest BCUT2D eigenvalue weighted by Gasteiger charge is -2.41. The first-order valence-electron chi connectivity index (χ1n) is 7.48. The van der Waals surface area contributed by atoms with E-state index in [4.69, 9.17) is 10.5 Å². The molecule has 2 heterocycles. The highest BCUT2D eigenvalue weighted by molar-refractivity contribution is 5.38. The minimum Gasteiger partial charge on any atom is -0.487 e. The van der Waals surface area contributed by atoms with Gasteiger partial charge in [-0.15, -0.1) is 0 Å². The summed E-state index contributed by atoms with van der Waals surface area (Å²) in [5, 5.41) is 0. The lowest BCUT2D eigenvalue weighted by atomic mass is 9.82. The molecule has 0 aliphatic carbocycles. The van der Waals surface area contributed by atoms with Gasteiger partial charge in [0.15, 0.2) is 0 Å². The van der Waals surface area contributed by atoms with Gasteiger partial charge in [0, 0.05) is 24.6 Å². The minimum absolute atomic E-state index is 0.0301. The maximum atomic E-state index is 6.40. The highest BCUT2D eigenvalue weighted by Crippen LogP contribution is 2.43. The smallest absolute Gasteiger partial charge is 0.124 e. The fourth-order valence-corrected chi connectivity index (χ4v) is 3.51. The quantitative estimate of drug-likeness (QED) is 0.843. The van der Waals surface area contributed by atoms with Crippen LogP contribution in [0.15, 0.2) is 24.3 Å². The van der Waals surface area contributed by atoms with Crippen LogP contribution in [0.5, 0.6) is 5.75 Å². The molecule has 0 saturated carbocycles. The van der Waals surface area contributed by atoms with Gasteiger partial charge in [-0.05, 0) is 38.4 Å². The Bertz CT molecular complexity index is 448. The van der Waals surface area contributed by atoms with Crippen molar-refractivity contribution in [2.24, 2.45) is 5.73 Å². The van der Waals surface area contributed by atoms with Crippen molar-refractivity contribution in [3.8, 4) is 5.75 Å². The summed E-state index contributed by atoms with van der Waals surface area (Å²) in [7, 11) is 0. The van der Waals surface area contributed by atoms with Crippen molar-refractivity contribution >= 4 is 0 Å². The Kier molecular flexibility index (Phi) is 3.50. The van der Waals surface area contributed by atoms with Crippen molar-refractivity contribution in [2.75, 3.05) is 19.6 Å². The Labute approximate surface area is 115 Å². The number of nitrogens with two attached hydrogens (primary N) is 1. The van der Waals surface area contributed by atoms with E-state index in [9.17, 15) is 0 Å². The summed E-state index contributed by atoms with van der Waals surface area (Å²) in [6, 6.07) is 8.38. The molecule has 1 spiro atoms. The molecule has 0 aromatic heterocycles. The van der Waals surface area contributed by atoms with Crippen LogP contribution < -0.4 is 10.5 Å². The van der Waals surface area contributed by atoms with Crippen molar-refractivity contribution in [1.82, 2.24) is 4.90 Å². The Morgan fingerprint density at radius 2 is 2.16 bits per heavy atom. The summed E-state index contributed by atoms with van der Waals surface area (Å²) in [6.07, 6.45) is 4.40. The minimum atomic E-state index is -0.0301. The van der Waals surface area contributed by atoms with Crippen LogP contribution in [0.4, 0.5) is 0 Å². The van der Waals surface area contributed by atoms with Crippen LogP contribution >= 0.6 is 0 Å². The van der Waals surface area contributed by atoms with Crippen molar-refractivity contribution in [2.45, 2.75) is 44.2 Å². The molecule has 0 radical (unpaired) electrons. The fourth-order valence-electron chi connectivity index (χ4n) is 3.51. The van der Waals surface area contributed by atoms with E-state index in [1.807, 2.05) is 12.1 Å². The average molecular weight is 260 g/mol. The molecule has 2 unspecified atom stereocenters. The average Bonchev–Trinajstić information content (AvgIpc) is 2.61. The third-order valence-electron chi connectivity index (χ3n) is 4.67. The van der Waals surface area contributed by atoms with Crippen molar-refractivity contribution in [3.63, 3.8) is 0 Å². The van der Waals surface area contributed by atoms with Gasteiger partial charge in [-0.1, -0.05) is 25.1 Å². The van der Waals surface area contributed by atoms with E-state index in [-0.39, 0.29) is 11.6 Å². The van der Waals surface area contributed by atoms with E-state index in [1.165, 1.54) is 18.5 Å². The second-order valence-electron chi connectivity index (χ2n) is 5.92. The summed E-state index contributed by atoms with van der Waals surface area (Å²) >= 11 is 0. The number of hydrogen-bond acceptors (Lipinski definition) is 3. The number of rotatable bonds is 1. The van der Waals surface area contributed by atoms with E-state index in [2.05, 4.69) is 24.0 Å². The summed E-state index contributed by atoms with van der Waals surface area (Å²) < 4.78 is 6.40. The maximum Gasteiger partial charge on any atom is 0.124 e. The number of hydrogen-bond donors (Lipinski definition) is 1. The zero-order valence-corrected chi connectivity index (χ0v) is 11.8. The summed E-state index contributed by atoms with van der Waals surface area (Å²) in [5.41, 5.74) is 7.52. The zero-order chi connectivity index (χ0) is 13.3. The Morgan fingerprint density at radius 3 is 3.00 bits per heavy atom. The first-order valence-corrected chi connectivity index (χ1v) is 7.48. The molecule has 2 aliphatic heterocycles. The molecular weight excluding hydrogens is 236 g/mol.